The van der Waals surface area contributed by atoms with Gasteiger partial charge in [0.1, 0.15) is 11.3 Å². The van der Waals surface area contributed by atoms with Crippen molar-refractivity contribution in [3.05, 3.63) is 56.9 Å². The smallest absolute Gasteiger partial charge is 0.341 e. The third-order valence-electron chi connectivity index (χ3n) is 6.01. The second-order valence-corrected chi connectivity index (χ2v) is 8.69. The van der Waals surface area contributed by atoms with Crippen LogP contribution in [0.2, 0.25) is 0 Å². The number of H-pyrrole nitrogens is 1. The number of anilines is 1. The summed E-state index contributed by atoms with van der Waals surface area (Å²) in [6.07, 6.45) is 2.80. The molecule has 0 aliphatic heterocycles. The number of carbonyl (C=O) groups excluding carboxylic acids is 2. The van der Waals surface area contributed by atoms with Crippen molar-refractivity contribution in [3.63, 3.8) is 0 Å². The Morgan fingerprint density at radius 3 is 2.56 bits per heavy atom. The van der Waals surface area contributed by atoms with Crippen LogP contribution in [0.1, 0.15) is 42.1 Å². The van der Waals surface area contributed by atoms with Gasteiger partial charge < -0.3 is 19.8 Å². The molecule has 1 fully saturated rings. The number of benzene rings is 2. The zero-order chi connectivity index (χ0) is 22.8. The Morgan fingerprint density at radius 2 is 1.88 bits per heavy atom. The molecule has 1 aromatic heterocycles. The quantitative estimate of drug-likeness (QED) is 0.508. The first kappa shape index (κ1) is 22.1. The summed E-state index contributed by atoms with van der Waals surface area (Å²) in [6.45, 7) is 0. The average molecular weight is 502 g/mol. The van der Waals surface area contributed by atoms with Gasteiger partial charge in [-0.05, 0) is 71.9 Å². The molecular formula is C23H24BrN3O5. The molecule has 9 heteroatoms. The van der Waals surface area contributed by atoms with Gasteiger partial charge in [0, 0.05) is 22.1 Å². The lowest BCUT2D eigenvalue weighted by Gasteiger charge is -2.28. The third-order valence-corrected chi connectivity index (χ3v) is 6.67. The molecule has 4 rings (SSSR count). The molecule has 1 heterocycles. The molecule has 1 aliphatic rings. The van der Waals surface area contributed by atoms with Crippen molar-refractivity contribution in [2.45, 2.75) is 31.7 Å². The summed E-state index contributed by atoms with van der Waals surface area (Å²) >= 11 is 3.48. The molecule has 3 aromatic rings. The van der Waals surface area contributed by atoms with E-state index in [-0.39, 0.29) is 29.1 Å². The second-order valence-electron chi connectivity index (χ2n) is 7.84. The highest BCUT2D eigenvalue weighted by Gasteiger charge is 2.29. The maximum Gasteiger partial charge on any atom is 0.341 e. The molecule has 1 saturated carbocycles. The number of para-hydroxylation sites is 1. The summed E-state index contributed by atoms with van der Waals surface area (Å²) < 4.78 is 12.6. The van der Waals surface area contributed by atoms with E-state index in [1.807, 2.05) is 18.2 Å². The number of methoxy groups -OCH3 is 2. The molecule has 0 radical (unpaired) electrons. The van der Waals surface area contributed by atoms with Gasteiger partial charge >= 0.3 is 11.7 Å². The van der Waals surface area contributed by atoms with E-state index in [0.29, 0.717) is 24.3 Å². The lowest BCUT2D eigenvalue weighted by atomic mass is 9.85. The second kappa shape index (κ2) is 9.20. The minimum absolute atomic E-state index is 0.0431. The number of amides is 1. The van der Waals surface area contributed by atoms with Gasteiger partial charge in [0.2, 0.25) is 5.91 Å². The van der Waals surface area contributed by atoms with Crippen LogP contribution < -0.4 is 15.7 Å². The number of ether oxygens (including phenoxy) is 2. The summed E-state index contributed by atoms with van der Waals surface area (Å²) in [7, 11) is 2.76. The van der Waals surface area contributed by atoms with E-state index in [4.69, 9.17) is 9.47 Å². The highest BCUT2D eigenvalue weighted by molar-refractivity contribution is 9.10. The van der Waals surface area contributed by atoms with Gasteiger partial charge in [-0.15, -0.1) is 0 Å². The van der Waals surface area contributed by atoms with Gasteiger partial charge in [-0.25, -0.2) is 9.59 Å². The molecule has 0 bridgehead atoms. The molecule has 0 spiro atoms. The number of imidazole rings is 1. The Kier molecular flexibility index (Phi) is 6.36. The van der Waals surface area contributed by atoms with Gasteiger partial charge in [0.15, 0.2) is 0 Å². The predicted molar refractivity (Wildman–Crippen MR) is 124 cm³/mol. The summed E-state index contributed by atoms with van der Waals surface area (Å²) in [6, 6.07) is 10.7. The van der Waals surface area contributed by atoms with Crippen molar-refractivity contribution in [1.82, 2.24) is 9.55 Å². The van der Waals surface area contributed by atoms with E-state index in [1.54, 1.807) is 22.8 Å². The number of hydrogen-bond acceptors (Lipinski definition) is 5. The van der Waals surface area contributed by atoms with Crippen LogP contribution >= 0.6 is 15.9 Å². The number of halogens is 1. The number of esters is 1. The lowest BCUT2D eigenvalue weighted by Crippen LogP contribution is -2.31. The Hall–Kier alpha value is -3.07. The predicted octanol–water partition coefficient (Wildman–Crippen LogP) is 4.26. The molecule has 1 aliphatic carbocycles. The van der Waals surface area contributed by atoms with E-state index >= 15 is 0 Å². The molecule has 0 atom stereocenters. The number of aromatic amines is 1. The maximum absolute atomic E-state index is 12.9. The summed E-state index contributed by atoms with van der Waals surface area (Å²) in [5.74, 6) is -0.415. The van der Waals surface area contributed by atoms with E-state index in [9.17, 15) is 14.4 Å². The van der Waals surface area contributed by atoms with E-state index in [1.165, 1.54) is 14.2 Å². The van der Waals surface area contributed by atoms with Gasteiger partial charge in [-0.2, -0.15) is 0 Å². The normalized spacial score (nSPS) is 18.3. The van der Waals surface area contributed by atoms with E-state index in [0.717, 1.165) is 28.3 Å². The first-order chi connectivity index (χ1) is 15.4. The van der Waals surface area contributed by atoms with Gasteiger partial charge in [-0.3, -0.25) is 9.36 Å². The number of fused-ring (bicyclic) bond motifs is 1. The van der Waals surface area contributed by atoms with Crippen molar-refractivity contribution in [1.29, 1.82) is 0 Å². The number of nitrogens with zero attached hydrogens (tertiary/aromatic N) is 1. The molecule has 0 unspecified atom stereocenters. The Bertz CT molecular complexity index is 1220. The van der Waals surface area contributed by atoms with Crippen LogP contribution in [0.5, 0.6) is 5.75 Å². The van der Waals surface area contributed by atoms with Gasteiger partial charge in [-0.1, -0.05) is 6.07 Å². The van der Waals surface area contributed by atoms with Crippen LogP contribution in [0.15, 0.2) is 45.7 Å². The minimum Gasteiger partial charge on any atom is -0.496 e. The van der Waals surface area contributed by atoms with Crippen LogP contribution in [0.4, 0.5) is 5.69 Å². The molecule has 168 valence electrons. The monoisotopic (exact) mass is 501 g/mol. The average Bonchev–Trinajstić information content (AvgIpc) is 3.15. The topological polar surface area (TPSA) is 102 Å². The third kappa shape index (κ3) is 4.17. The Labute approximate surface area is 193 Å². The zero-order valence-electron chi connectivity index (χ0n) is 17.8. The highest BCUT2D eigenvalue weighted by Crippen LogP contribution is 2.35. The van der Waals surface area contributed by atoms with Crippen molar-refractivity contribution >= 4 is 44.5 Å². The van der Waals surface area contributed by atoms with Crippen molar-refractivity contribution in [3.8, 4) is 5.75 Å². The number of hydrogen-bond donors (Lipinski definition) is 2. The van der Waals surface area contributed by atoms with Crippen molar-refractivity contribution in [2.75, 3.05) is 19.5 Å². The largest absolute Gasteiger partial charge is 0.496 e. The lowest BCUT2D eigenvalue weighted by molar-refractivity contribution is -0.121. The fraction of sp³-hybridized carbons (Fsp3) is 0.348. The Morgan fingerprint density at radius 1 is 1.12 bits per heavy atom. The first-order valence-corrected chi connectivity index (χ1v) is 11.2. The summed E-state index contributed by atoms with van der Waals surface area (Å²) in [4.78, 5) is 40.3. The molecule has 1 amide bonds. The van der Waals surface area contributed by atoms with Gasteiger partial charge in [0.05, 0.1) is 25.3 Å². The SMILES string of the molecule is COC(=O)c1cc(NC(=O)[C@H]2CC[C@@H](n3c(=O)[nH]c4c(Br)cccc43)CC2)ccc1OC. The highest BCUT2D eigenvalue weighted by atomic mass is 79.9. The number of aromatic nitrogens is 2. The van der Waals surface area contributed by atoms with Crippen molar-refractivity contribution in [2.24, 2.45) is 5.92 Å². The summed E-state index contributed by atoms with van der Waals surface area (Å²) in [5.41, 5.74) is 2.29. The zero-order valence-corrected chi connectivity index (χ0v) is 19.4. The molecule has 2 N–H and O–H groups in total. The molecular weight excluding hydrogens is 478 g/mol. The van der Waals surface area contributed by atoms with Crippen molar-refractivity contribution < 1.29 is 19.1 Å². The van der Waals surface area contributed by atoms with Crippen LogP contribution in [0.3, 0.4) is 0 Å². The molecule has 0 saturated heterocycles. The van der Waals surface area contributed by atoms with Crippen LogP contribution in [-0.2, 0) is 9.53 Å². The van der Waals surface area contributed by atoms with E-state index < -0.39 is 5.97 Å². The molecule has 32 heavy (non-hydrogen) atoms. The Balaban J connectivity index is 1.45. The van der Waals surface area contributed by atoms with Gasteiger partial charge in [0.25, 0.3) is 0 Å². The standard InChI is InChI=1S/C23H24BrN3O5/c1-31-19-11-8-14(12-16(19)22(29)32-2)25-21(28)13-6-9-15(10-7-13)27-18-5-3-4-17(24)20(18)26-23(27)30/h3-5,8,11-13,15H,6-7,9-10H2,1-2H3,(H,25,28)(H,26,30)/t13-,15+. The molecule has 8 nitrogen and oxygen atoms in total. The van der Waals surface area contributed by atoms with Crippen LogP contribution in [0.25, 0.3) is 11.0 Å². The van der Waals surface area contributed by atoms with E-state index in [2.05, 4.69) is 26.2 Å². The number of carbonyl (C=O) groups is 2. The fourth-order valence-electron chi connectivity index (χ4n) is 4.37. The molecule has 2 aromatic carbocycles. The summed E-state index contributed by atoms with van der Waals surface area (Å²) in [5, 5.41) is 2.90. The number of rotatable bonds is 5. The maximum atomic E-state index is 12.9. The number of nitrogens with one attached hydrogen (secondary N) is 2. The first-order valence-electron chi connectivity index (χ1n) is 10.4. The van der Waals surface area contributed by atoms with Crippen LogP contribution in [0, 0.1) is 5.92 Å². The minimum atomic E-state index is -0.533. The fourth-order valence-corrected chi connectivity index (χ4v) is 4.83. The van der Waals surface area contributed by atoms with Crippen LogP contribution in [-0.4, -0.2) is 35.6 Å².